The van der Waals surface area contributed by atoms with Crippen LogP contribution in [0, 0.1) is 5.92 Å². The molecule has 0 spiro atoms. The van der Waals surface area contributed by atoms with Crippen LogP contribution in [-0.2, 0) is 4.79 Å². The van der Waals surface area contributed by atoms with Crippen LogP contribution in [0.3, 0.4) is 0 Å². The average Bonchev–Trinajstić information content (AvgIpc) is 3.68. The molecule has 0 radical (unpaired) electrons. The molecule has 2 fully saturated rings. The molecule has 1 saturated carbocycles. The van der Waals surface area contributed by atoms with Crippen molar-refractivity contribution in [2.75, 3.05) is 31.5 Å². The van der Waals surface area contributed by atoms with E-state index < -0.39 is 0 Å². The SMILES string of the molecule is CC(c1ccnc(Nc2nc3ccc(-c4ccncn4)cc3[nH]2)c1)N1CCN(C(=O)C2CC2)CC1. The minimum absolute atomic E-state index is 0.239. The van der Waals surface area contributed by atoms with Crippen molar-refractivity contribution in [2.45, 2.75) is 25.8 Å². The van der Waals surface area contributed by atoms with Gasteiger partial charge in [-0.25, -0.2) is 19.9 Å². The van der Waals surface area contributed by atoms with E-state index in [-0.39, 0.29) is 6.04 Å². The second-order valence-corrected chi connectivity index (χ2v) is 9.32. The van der Waals surface area contributed by atoms with E-state index in [0.29, 0.717) is 17.8 Å². The molecule has 178 valence electrons. The fourth-order valence-electron chi connectivity index (χ4n) is 4.71. The zero-order chi connectivity index (χ0) is 23.8. The van der Waals surface area contributed by atoms with Crippen LogP contribution >= 0.6 is 0 Å². The standard InChI is InChI=1S/C26H28N8O/c1-17(33-10-12-34(13-11-33)25(35)18-2-3-18)19-6-9-28-24(15-19)32-26-30-22-5-4-20(14-23(22)31-26)21-7-8-27-16-29-21/h4-9,14-18H,2-3,10-13H2,1H3,(H2,28,30,31,32). The number of aromatic nitrogens is 5. The van der Waals surface area contributed by atoms with Crippen molar-refractivity contribution in [1.29, 1.82) is 0 Å². The van der Waals surface area contributed by atoms with Crippen LogP contribution < -0.4 is 5.32 Å². The van der Waals surface area contributed by atoms with E-state index in [4.69, 9.17) is 0 Å². The molecule has 9 heteroatoms. The number of nitrogens with one attached hydrogen (secondary N) is 2. The Morgan fingerprint density at radius 1 is 1.06 bits per heavy atom. The Balaban J connectivity index is 1.14. The quantitative estimate of drug-likeness (QED) is 0.444. The maximum absolute atomic E-state index is 12.4. The molecule has 4 aromatic rings. The lowest BCUT2D eigenvalue weighted by molar-refractivity contribution is -0.134. The van der Waals surface area contributed by atoms with E-state index in [1.165, 1.54) is 5.56 Å². The fraction of sp³-hybridized carbons (Fsp3) is 0.346. The lowest BCUT2D eigenvalue weighted by atomic mass is 10.1. The molecule has 4 heterocycles. The molecular formula is C26H28N8O. The summed E-state index contributed by atoms with van der Waals surface area (Å²) in [5.74, 6) is 2.03. The van der Waals surface area contributed by atoms with Crippen LogP contribution in [0.15, 0.2) is 55.1 Å². The Kier molecular flexibility index (Phi) is 5.61. The number of fused-ring (bicyclic) bond motifs is 1. The topological polar surface area (TPSA) is 103 Å². The Labute approximate surface area is 203 Å². The van der Waals surface area contributed by atoms with Gasteiger partial charge in [0.1, 0.15) is 12.1 Å². The molecule has 0 bridgehead atoms. The average molecular weight is 469 g/mol. The summed E-state index contributed by atoms with van der Waals surface area (Å²) >= 11 is 0. The van der Waals surface area contributed by atoms with Gasteiger partial charge in [0.15, 0.2) is 0 Å². The maximum Gasteiger partial charge on any atom is 0.225 e. The number of benzene rings is 1. The van der Waals surface area contributed by atoms with Gasteiger partial charge in [0.05, 0.1) is 16.7 Å². The number of aromatic amines is 1. The van der Waals surface area contributed by atoms with E-state index in [1.807, 2.05) is 35.4 Å². The van der Waals surface area contributed by atoms with Crippen molar-refractivity contribution in [3.63, 3.8) is 0 Å². The third-order valence-electron chi connectivity index (χ3n) is 6.97. The number of carbonyl (C=O) groups excluding carboxylic acids is 1. The number of piperazine rings is 1. The molecule has 1 aromatic carbocycles. The summed E-state index contributed by atoms with van der Waals surface area (Å²) in [6.07, 6.45) is 7.25. The summed E-state index contributed by atoms with van der Waals surface area (Å²) in [5, 5.41) is 3.32. The molecule has 1 atom stereocenters. The summed E-state index contributed by atoms with van der Waals surface area (Å²) in [6, 6.07) is 12.3. The van der Waals surface area contributed by atoms with Gasteiger partial charge in [0.25, 0.3) is 0 Å². The van der Waals surface area contributed by atoms with Crippen molar-refractivity contribution in [2.24, 2.45) is 5.92 Å². The third kappa shape index (κ3) is 4.59. The van der Waals surface area contributed by atoms with Crippen molar-refractivity contribution in [3.8, 4) is 11.3 Å². The minimum atomic E-state index is 0.239. The summed E-state index contributed by atoms with van der Waals surface area (Å²) < 4.78 is 0. The number of hydrogen-bond acceptors (Lipinski definition) is 7. The fourth-order valence-corrected chi connectivity index (χ4v) is 4.71. The van der Waals surface area contributed by atoms with Gasteiger partial charge in [-0.2, -0.15) is 0 Å². The highest BCUT2D eigenvalue weighted by Crippen LogP contribution is 2.32. The van der Waals surface area contributed by atoms with Crippen molar-refractivity contribution in [3.05, 3.63) is 60.7 Å². The molecule has 1 unspecified atom stereocenters. The monoisotopic (exact) mass is 468 g/mol. The molecule has 3 aromatic heterocycles. The number of rotatable bonds is 6. The predicted molar refractivity (Wildman–Crippen MR) is 134 cm³/mol. The molecule has 6 rings (SSSR count). The van der Waals surface area contributed by atoms with Crippen molar-refractivity contribution >= 4 is 28.7 Å². The molecule has 1 saturated heterocycles. The Bertz CT molecular complexity index is 1340. The molecule has 9 nitrogen and oxygen atoms in total. The Morgan fingerprint density at radius 3 is 2.69 bits per heavy atom. The predicted octanol–water partition coefficient (Wildman–Crippen LogP) is 3.77. The second kappa shape index (κ2) is 9.07. The molecule has 2 N–H and O–H groups in total. The first-order valence-corrected chi connectivity index (χ1v) is 12.2. The lowest BCUT2D eigenvalue weighted by Crippen LogP contribution is -2.49. The lowest BCUT2D eigenvalue weighted by Gasteiger charge is -2.38. The normalized spacial score (nSPS) is 17.5. The molecule has 1 amide bonds. The number of pyridine rings is 1. The van der Waals surface area contributed by atoms with Crippen LogP contribution in [-0.4, -0.2) is 66.8 Å². The largest absolute Gasteiger partial charge is 0.340 e. The number of nitrogens with zero attached hydrogens (tertiary/aromatic N) is 6. The van der Waals surface area contributed by atoms with Gasteiger partial charge in [-0.1, -0.05) is 6.07 Å². The minimum Gasteiger partial charge on any atom is -0.340 e. The van der Waals surface area contributed by atoms with Crippen molar-refractivity contribution in [1.82, 2.24) is 34.7 Å². The third-order valence-corrected chi connectivity index (χ3v) is 6.97. The molecular weight excluding hydrogens is 440 g/mol. The van der Waals surface area contributed by atoms with Crippen LogP contribution in [0.5, 0.6) is 0 Å². The second-order valence-electron chi connectivity index (χ2n) is 9.32. The van der Waals surface area contributed by atoms with Gasteiger partial charge in [-0.05, 0) is 55.7 Å². The number of imidazole rings is 1. The van der Waals surface area contributed by atoms with Gasteiger partial charge >= 0.3 is 0 Å². The van der Waals surface area contributed by atoms with Gasteiger partial charge in [-0.15, -0.1) is 0 Å². The van der Waals surface area contributed by atoms with Gasteiger partial charge in [0.2, 0.25) is 11.9 Å². The van der Waals surface area contributed by atoms with Crippen molar-refractivity contribution < 1.29 is 4.79 Å². The smallest absolute Gasteiger partial charge is 0.225 e. The van der Waals surface area contributed by atoms with E-state index in [0.717, 1.165) is 67.1 Å². The molecule has 1 aliphatic heterocycles. The van der Waals surface area contributed by atoms with E-state index in [9.17, 15) is 4.79 Å². The molecule has 35 heavy (non-hydrogen) atoms. The number of hydrogen-bond donors (Lipinski definition) is 2. The zero-order valence-corrected chi connectivity index (χ0v) is 19.7. The summed E-state index contributed by atoms with van der Waals surface area (Å²) in [4.78, 5) is 37.6. The number of anilines is 2. The van der Waals surface area contributed by atoms with Crippen LogP contribution in [0.1, 0.15) is 31.4 Å². The van der Waals surface area contributed by atoms with E-state index in [1.54, 1.807) is 12.5 Å². The highest BCUT2D eigenvalue weighted by Gasteiger charge is 2.35. The van der Waals surface area contributed by atoms with Gasteiger partial charge in [-0.3, -0.25) is 9.69 Å². The summed E-state index contributed by atoms with van der Waals surface area (Å²) in [7, 11) is 0. The van der Waals surface area contributed by atoms with Gasteiger partial charge < -0.3 is 15.2 Å². The van der Waals surface area contributed by atoms with Crippen LogP contribution in [0.4, 0.5) is 11.8 Å². The zero-order valence-electron chi connectivity index (χ0n) is 19.7. The first-order valence-electron chi connectivity index (χ1n) is 12.2. The van der Waals surface area contributed by atoms with E-state index >= 15 is 0 Å². The Morgan fingerprint density at radius 2 is 1.91 bits per heavy atom. The summed E-state index contributed by atoms with van der Waals surface area (Å²) in [6.45, 7) is 5.62. The molecule has 1 aliphatic carbocycles. The van der Waals surface area contributed by atoms with E-state index in [2.05, 4.69) is 54.2 Å². The first kappa shape index (κ1) is 21.7. The van der Waals surface area contributed by atoms with Gasteiger partial charge in [0, 0.05) is 56.1 Å². The molecule has 2 aliphatic rings. The van der Waals surface area contributed by atoms with Crippen LogP contribution in [0.2, 0.25) is 0 Å². The highest BCUT2D eigenvalue weighted by molar-refractivity contribution is 5.83. The number of carbonyl (C=O) groups is 1. The van der Waals surface area contributed by atoms with Crippen LogP contribution in [0.25, 0.3) is 22.3 Å². The summed E-state index contributed by atoms with van der Waals surface area (Å²) in [5.41, 5.74) is 4.85. The first-order chi connectivity index (χ1) is 17.1. The Hall–Kier alpha value is -3.85. The maximum atomic E-state index is 12.4. The number of amides is 1. The highest BCUT2D eigenvalue weighted by atomic mass is 16.2. The number of H-pyrrole nitrogens is 1.